The van der Waals surface area contributed by atoms with Gasteiger partial charge in [-0.3, -0.25) is 9.59 Å². The Balaban J connectivity index is 4.67. The lowest BCUT2D eigenvalue weighted by atomic mass is 10.0. The molecule has 3 atom stereocenters. The number of carbonyl (C=O) groups excluding carboxylic acids is 2. The van der Waals surface area contributed by atoms with Gasteiger partial charge in [0.2, 0.25) is 5.91 Å². The highest BCUT2D eigenvalue weighted by atomic mass is 16.5. The summed E-state index contributed by atoms with van der Waals surface area (Å²) in [4.78, 5) is 26.0. The minimum atomic E-state index is -0.823. The SMILES string of the molecule is CC/C=C/C=C/C=C\C=C/C=C/CCCC(=O)OC(CCC\C=C/C=C\C=C\C=C\CC)CC(=O)NC(CO)C(O)CCCCCCCCCCCCCCCCCCC. The number of aliphatic hydroxyl groups is 2. The minimum absolute atomic E-state index is 0.00390. The monoisotopic (exact) mass is 832 g/mol. The molecule has 0 spiro atoms. The predicted octanol–water partition coefficient (Wildman–Crippen LogP) is 14.3. The zero-order valence-electron chi connectivity index (χ0n) is 38.5. The van der Waals surface area contributed by atoms with Gasteiger partial charge in [-0.1, -0.05) is 239 Å². The van der Waals surface area contributed by atoms with Gasteiger partial charge in [0.25, 0.3) is 0 Å². The third-order valence-electron chi connectivity index (χ3n) is 10.3. The molecule has 0 aliphatic carbocycles. The van der Waals surface area contributed by atoms with E-state index in [-0.39, 0.29) is 31.3 Å². The van der Waals surface area contributed by atoms with E-state index in [1.54, 1.807) is 0 Å². The fraction of sp³-hybridized carbons (Fsp3) is 0.630. The molecule has 6 heteroatoms. The Labute approximate surface area is 368 Å². The van der Waals surface area contributed by atoms with Crippen LogP contribution in [-0.2, 0) is 14.3 Å². The first kappa shape index (κ1) is 56.5. The van der Waals surface area contributed by atoms with Crippen molar-refractivity contribution in [2.24, 2.45) is 0 Å². The van der Waals surface area contributed by atoms with E-state index in [2.05, 4.69) is 44.3 Å². The zero-order valence-corrected chi connectivity index (χ0v) is 38.5. The van der Waals surface area contributed by atoms with Gasteiger partial charge < -0.3 is 20.3 Å². The number of amides is 1. The van der Waals surface area contributed by atoms with Gasteiger partial charge in [0.15, 0.2) is 0 Å². The highest BCUT2D eigenvalue weighted by molar-refractivity contribution is 5.77. The topological polar surface area (TPSA) is 95.9 Å². The van der Waals surface area contributed by atoms with Crippen molar-refractivity contribution in [1.29, 1.82) is 0 Å². The van der Waals surface area contributed by atoms with E-state index in [1.165, 1.54) is 89.9 Å². The summed E-state index contributed by atoms with van der Waals surface area (Å²) in [5.41, 5.74) is 0. The number of esters is 1. The molecule has 0 aromatic heterocycles. The fourth-order valence-corrected chi connectivity index (χ4v) is 6.71. The second-order valence-corrected chi connectivity index (χ2v) is 16.0. The lowest BCUT2D eigenvalue weighted by Crippen LogP contribution is -2.46. The summed E-state index contributed by atoms with van der Waals surface area (Å²) >= 11 is 0. The first-order chi connectivity index (χ1) is 29.5. The molecule has 60 heavy (non-hydrogen) atoms. The van der Waals surface area contributed by atoms with E-state index in [9.17, 15) is 19.8 Å². The number of ether oxygens (including phenoxy) is 1. The number of rotatable bonds is 41. The third kappa shape index (κ3) is 41.3. The highest BCUT2D eigenvalue weighted by Crippen LogP contribution is 2.16. The molecule has 3 unspecified atom stereocenters. The van der Waals surface area contributed by atoms with Crippen LogP contribution in [0.15, 0.2) is 109 Å². The van der Waals surface area contributed by atoms with Gasteiger partial charge in [0.1, 0.15) is 6.10 Å². The molecule has 6 nitrogen and oxygen atoms in total. The Hall–Kier alpha value is -3.48. The van der Waals surface area contributed by atoms with Crippen LogP contribution in [0.3, 0.4) is 0 Å². The van der Waals surface area contributed by atoms with Crippen LogP contribution in [0.25, 0.3) is 0 Å². The number of nitrogens with one attached hydrogen (secondary N) is 1. The molecule has 0 saturated carbocycles. The second-order valence-electron chi connectivity index (χ2n) is 16.0. The normalized spacial score (nSPS) is 14.3. The van der Waals surface area contributed by atoms with Crippen molar-refractivity contribution in [3.63, 3.8) is 0 Å². The first-order valence-electron chi connectivity index (χ1n) is 24.2. The van der Waals surface area contributed by atoms with Crippen molar-refractivity contribution in [3.8, 4) is 0 Å². The molecule has 0 aromatic carbocycles. The maximum Gasteiger partial charge on any atom is 0.306 e. The van der Waals surface area contributed by atoms with Crippen LogP contribution in [0.1, 0.15) is 194 Å². The Morgan fingerprint density at radius 3 is 1.33 bits per heavy atom. The average molecular weight is 832 g/mol. The van der Waals surface area contributed by atoms with E-state index in [0.717, 1.165) is 51.4 Å². The van der Waals surface area contributed by atoms with E-state index >= 15 is 0 Å². The van der Waals surface area contributed by atoms with E-state index < -0.39 is 18.2 Å². The maximum absolute atomic E-state index is 13.1. The maximum atomic E-state index is 13.1. The van der Waals surface area contributed by atoms with Crippen LogP contribution in [0, 0.1) is 0 Å². The molecule has 0 aliphatic heterocycles. The number of hydrogen-bond acceptors (Lipinski definition) is 5. The van der Waals surface area contributed by atoms with Crippen LogP contribution in [0.2, 0.25) is 0 Å². The molecule has 0 aliphatic rings. The van der Waals surface area contributed by atoms with Gasteiger partial charge in [-0.05, 0) is 51.4 Å². The lowest BCUT2D eigenvalue weighted by Gasteiger charge is -2.24. The van der Waals surface area contributed by atoms with E-state index in [0.29, 0.717) is 19.3 Å². The summed E-state index contributed by atoms with van der Waals surface area (Å²) in [7, 11) is 0. The van der Waals surface area contributed by atoms with Gasteiger partial charge in [0.05, 0.1) is 25.2 Å². The second kappa shape index (κ2) is 46.6. The molecule has 0 aromatic rings. The average Bonchev–Trinajstić information content (AvgIpc) is 3.24. The zero-order chi connectivity index (χ0) is 43.8. The standard InChI is InChI=1S/C54H89NO5/c1-4-7-10-13-16-19-22-24-25-26-27-29-31-34-37-40-43-46-52(57)51(49-56)55-53(58)48-50(45-42-39-36-33-30-21-18-15-12-9-6-3)60-54(59)47-44-41-38-35-32-28-23-20-17-14-11-8-5-2/h8-9,11-12,14-15,17-18,20-21,23,28,30,32-33,35-36,38,50-52,56-57H,4-7,10,13,16,19,22,24-27,29,31,34,37,39-49H2,1-3H3,(H,55,58)/b11-8+,12-9+,17-14+,18-15+,23-20-,30-21-,32-28-,36-33-,38-35+. The predicted molar refractivity (Wildman–Crippen MR) is 259 cm³/mol. The minimum Gasteiger partial charge on any atom is -0.462 e. The van der Waals surface area contributed by atoms with Gasteiger partial charge in [-0.15, -0.1) is 0 Å². The Morgan fingerprint density at radius 1 is 0.500 bits per heavy atom. The van der Waals surface area contributed by atoms with Crippen LogP contribution >= 0.6 is 0 Å². The Bertz CT molecular complexity index is 1250. The largest absolute Gasteiger partial charge is 0.462 e. The number of allylic oxidation sites excluding steroid dienone is 18. The van der Waals surface area contributed by atoms with Gasteiger partial charge in [0, 0.05) is 6.42 Å². The fourth-order valence-electron chi connectivity index (χ4n) is 6.71. The van der Waals surface area contributed by atoms with Crippen LogP contribution in [-0.4, -0.2) is 46.9 Å². The molecule has 0 rings (SSSR count). The highest BCUT2D eigenvalue weighted by Gasteiger charge is 2.23. The van der Waals surface area contributed by atoms with Gasteiger partial charge in [-0.25, -0.2) is 0 Å². The number of aliphatic hydroxyl groups excluding tert-OH is 2. The third-order valence-corrected chi connectivity index (χ3v) is 10.3. The van der Waals surface area contributed by atoms with Crippen LogP contribution < -0.4 is 5.32 Å². The molecule has 0 fully saturated rings. The Morgan fingerprint density at radius 2 is 0.900 bits per heavy atom. The summed E-state index contributed by atoms with van der Waals surface area (Å²) in [6.45, 7) is 6.14. The molecule has 0 saturated heterocycles. The van der Waals surface area contributed by atoms with Crippen molar-refractivity contribution >= 4 is 11.9 Å². The summed E-state index contributed by atoms with van der Waals surface area (Å²) in [6.07, 6.45) is 63.1. The van der Waals surface area contributed by atoms with Crippen LogP contribution in [0.5, 0.6) is 0 Å². The first-order valence-corrected chi connectivity index (χ1v) is 24.2. The molecule has 0 radical (unpaired) electrons. The van der Waals surface area contributed by atoms with Gasteiger partial charge >= 0.3 is 5.97 Å². The van der Waals surface area contributed by atoms with Crippen molar-refractivity contribution in [2.45, 2.75) is 212 Å². The quantitative estimate of drug-likeness (QED) is 0.0324. The Kier molecular flexibility index (Phi) is 43.9. The summed E-state index contributed by atoms with van der Waals surface area (Å²) in [6, 6.07) is -0.744. The smallest absolute Gasteiger partial charge is 0.306 e. The molecule has 340 valence electrons. The van der Waals surface area contributed by atoms with Crippen molar-refractivity contribution in [3.05, 3.63) is 109 Å². The molecule has 3 N–H and O–H groups in total. The summed E-state index contributed by atoms with van der Waals surface area (Å²) in [5, 5.41) is 23.7. The molecular formula is C54H89NO5. The summed E-state index contributed by atoms with van der Waals surface area (Å²) < 4.78 is 5.83. The van der Waals surface area contributed by atoms with Gasteiger partial charge in [-0.2, -0.15) is 0 Å². The number of hydrogen-bond donors (Lipinski definition) is 3. The van der Waals surface area contributed by atoms with E-state index in [1.807, 2.05) is 91.1 Å². The lowest BCUT2D eigenvalue weighted by molar-refractivity contribution is -0.151. The number of unbranched alkanes of at least 4 members (excludes halogenated alkanes) is 18. The van der Waals surface area contributed by atoms with E-state index in [4.69, 9.17) is 4.74 Å². The van der Waals surface area contributed by atoms with Crippen molar-refractivity contribution in [2.75, 3.05) is 6.61 Å². The van der Waals surface area contributed by atoms with Crippen molar-refractivity contribution in [1.82, 2.24) is 5.32 Å². The molecular weight excluding hydrogens is 743 g/mol. The molecule has 0 bridgehead atoms. The molecule has 1 amide bonds. The van der Waals surface area contributed by atoms with Crippen molar-refractivity contribution < 1.29 is 24.5 Å². The summed E-state index contributed by atoms with van der Waals surface area (Å²) in [5.74, 6) is -0.643. The number of carbonyl (C=O) groups is 2. The van der Waals surface area contributed by atoms with Crippen LogP contribution in [0.4, 0.5) is 0 Å². The molecule has 0 heterocycles.